The molecule has 7 nitrogen and oxygen atoms in total. The molecule has 0 aliphatic heterocycles. The smallest absolute Gasteiger partial charge is 0.250 e. The zero-order valence-electron chi connectivity index (χ0n) is 13.9. The SMILES string of the molecule is COc1ccc(OC)c(CNC(=O)CCNS(=O)(=O)c2cccs2)c1. The Morgan fingerprint density at radius 3 is 2.64 bits per heavy atom. The van der Waals surface area contributed by atoms with E-state index in [1.54, 1.807) is 43.9 Å². The lowest BCUT2D eigenvalue weighted by Gasteiger charge is -2.11. The Hall–Kier alpha value is -2.10. The Kier molecular flexibility index (Phi) is 6.80. The Morgan fingerprint density at radius 1 is 1.20 bits per heavy atom. The van der Waals surface area contributed by atoms with E-state index in [0.717, 1.165) is 16.9 Å². The molecule has 1 aromatic carbocycles. The van der Waals surface area contributed by atoms with Gasteiger partial charge < -0.3 is 14.8 Å². The zero-order chi connectivity index (χ0) is 18.3. The standard InChI is InChI=1S/C16H20N2O5S2/c1-22-13-5-6-14(23-2)12(10-13)11-17-15(19)7-8-18-25(20,21)16-4-3-9-24-16/h3-6,9-10,18H,7-8,11H2,1-2H3,(H,17,19). The van der Waals surface area contributed by atoms with Crippen molar-refractivity contribution in [1.29, 1.82) is 0 Å². The van der Waals surface area contributed by atoms with Crippen LogP contribution in [-0.4, -0.2) is 35.1 Å². The summed E-state index contributed by atoms with van der Waals surface area (Å²) in [6.45, 7) is 0.290. The lowest BCUT2D eigenvalue weighted by Crippen LogP contribution is -2.30. The number of hydrogen-bond donors (Lipinski definition) is 2. The largest absolute Gasteiger partial charge is 0.497 e. The number of amides is 1. The topological polar surface area (TPSA) is 93.7 Å². The number of hydrogen-bond acceptors (Lipinski definition) is 6. The summed E-state index contributed by atoms with van der Waals surface area (Å²) in [5.41, 5.74) is 0.773. The molecule has 2 rings (SSSR count). The second kappa shape index (κ2) is 8.84. The third kappa shape index (κ3) is 5.45. The summed E-state index contributed by atoms with van der Waals surface area (Å²) in [4.78, 5) is 11.9. The van der Waals surface area contributed by atoms with E-state index < -0.39 is 10.0 Å². The van der Waals surface area contributed by atoms with Crippen LogP contribution < -0.4 is 19.5 Å². The van der Waals surface area contributed by atoms with Gasteiger partial charge in [-0.1, -0.05) is 6.07 Å². The highest BCUT2D eigenvalue weighted by atomic mass is 32.2. The molecule has 0 saturated carbocycles. The van der Waals surface area contributed by atoms with Crippen molar-refractivity contribution in [2.45, 2.75) is 17.2 Å². The van der Waals surface area contributed by atoms with Crippen molar-refractivity contribution in [2.24, 2.45) is 0 Å². The van der Waals surface area contributed by atoms with Crippen molar-refractivity contribution in [2.75, 3.05) is 20.8 Å². The first-order valence-corrected chi connectivity index (χ1v) is 9.83. The lowest BCUT2D eigenvalue weighted by atomic mass is 10.2. The highest BCUT2D eigenvalue weighted by molar-refractivity contribution is 7.91. The fraction of sp³-hybridized carbons (Fsp3) is 0.312. The first kappa shape index (κ1) is 19.2. The zero-order valence-corrected chi connectivity index (χ0v) is 15.6. The minimum atomic E-state index is -3.55. The third-order valence-electron chi connectivity index (χ3n) is 3.37. The van der Waals surface area contributed by atoms with Gasteiger partial charge in [0.05, 0.1) is 14.2 Å². The second-order valence-electron chi connectivity index (χ2n) is 5.03. The summed E-state index contributed by atoms with van der Waals surface area (Å²) in [6.07, 6.45) is 0.0386. The molecular weight excluding hydrogens is 364 g/mol. The number of thiophene rings is 1. The maximum absolute atomic E-state index is 11.9. The van der Waals surface area contributed by atoms with E-state index in [1.807, 2.05) is 0 Å². The van der Waals surface area contributed by atoms with Gasteiger partial charge in [0.15, 0.2) is 0 Å². The maximum Gasteiger partial charge on any atom is 0.250 e. The number of ether oxygens (including phenoxy) is 2. The molecule has 0 bridgehead atoms. The van der Waals surface area contributed by atoms with Gasteiger partial charge in [0.1, 0.15) is 15.7 Å². The Labute approximate surface area is 151 Å². The van der Waals surface area contributed by atoms with Gasteiger partial charge in [-0.15, -0.1) is 11.3 Å². The quantitative estimate of drug-likeness (QED) is 0.687. The predicted molar refractivity (Wildman–Crippen MR) is 95.5 cm³/mol. The van der Waals surface area contributed by atoms with Crippen molar-refractivity contribution >= 4 is 27.3 Å². The highest BCUT2D eigenvalue weighted by Gasteiger charge is 2.15. The fourth-order valence-electron chi connectivity index (χ4n) is 2.09. The molecule has 0 saturated heterocycles. The Morgan fingerprint density at radius 2 is 2.00 bits per heavy atom. The van der Waals surface area contributed by atoms with Crippen LogP contribution in [0.2, 0.25) is 0 Å². The van der Waals surface area contributed by atoms with Crippen molar-refractivity contribution < 1.29 is 22.7 Å². The van der Waals surface area contributed by atoms with Gasteiger partial charge in [-0.3, -0.25) is 4.79 Å². The molecule has 136 valence electrons. The fourth-order valence-corrected chi connectivity index (χ4v) is 4.16. The molecule has 2 aromatic rings. The molecule has 2 N–H and O–H groups in total. The molecular formula is C16H20N2O5S2. The van der Waals surface area contributed by atoms with E-state index in [4.69, 9.17) is 9.47 Å². The molecule has 0 atom stereocenters. The molecule has 0 spiro atoms. The summed E-state index contributed by atoms with van der Waals surface area (Å²) in [7, 11) is -0.440. The van der Waals surface area contributed by atoms with Crippen LogP contribution in [0.4, 0.5) is 0 Å². The second-order valence-corrected chi connectivity index (χ2v) is 7.98. The van der Waals surface area contributed by atoms with Crippen LogP contribution in [-0.2, 0) is 21.4 Å². The number of carbonyl (C=O) groups is 1. The van der Waals surface area contributed by atoms with Crippen LogP contribution in [0.15, 0.2) is 39.9 Å². The molecule has 0 aliphatic rings. The minimum Gasteiger partial charge on any atom is -0.497 e. The van der Waals surface area contributed by atoms with Crippen molar-refractivity contribution in [1.82, 2.24) is 10.0 Å². The number of sulfonamides is 1. The summed E-state index contributed by atoms with van der Waals surface area (Å²) >= 11 is 1.13. The van der Waals surface area contributed by atoms with Gasteiger partial charge in [0, 0.05) is 25.1 Å². The van der Waals surface area contributed by atoms with E-state index in [2.05, 4.69) is 10.0 Å². The molecule has 0 aliphatic carbocycles. The number of rotatable bonds is 9. The number of benzene rings is 1. The molecule has 1 heterocycles. The molecule has 1 aromatic heterocycles. The predicted octanol–water partition coefficient (Wildman–Crippen LogP) is 1.75. The number of methoxy groups -OCH3 is 2. The van der Waals surface area contributed by atoms with Gasteiger partial charge in [-0.2, -0.15) is 0 Å². The molecule has 0 radical (unpaired) electrons. The summed E-state index contributed by atoms with van der Waals surface area (Å²) in [6, 6.07) is 8.48. The van der Waals surface area contributed by atoms with Gasteiger partial charge in [-0.05, 0) is 29.6 Å². The number of carbonyl (C=O) groups excluding carboxylic acids is 1. The summed E-state index contributed by atoms with van der Waals surface area (Å²) < 4.78 is 36.9. The minimum absolute atomic E-state index is 0.0291. The van der Waals surface area contributed by atoms with E-state index in [1.165, 1.54) is 6.07 Å². The van der Waals surface area contributed by atoms with E-state index in [9.17, 15) is 13.2 Å². The highest BCUT2D eigenvalue weighted by Crippen LogP contribution is 2.23. The first-order valence-electron chi connectivity index (χ1n) is 7.47. The maximum atomic E-state index is 11.9. The lowest BCUT2D eigenvalue weighted by molar-refractivity contribution is -0.121. The van der Waals surface area contributed by atoms with Crippen LogP contribution in [0.5, 0.6) is 11.5 Å². The Bertz CT molecular complexity index is 804. The van der Waals surface area contributed by atoms with Crippen molar-refractivity contribution in [3.63, 3.8) is 0 Å². The van der Waals surface area contributed by atoms with E-state index >= 15 is 0 Å². The monoisotopic (exact) mass is 384 g/mol. The van der Waals surface area contributed by atoms with Gasteiger partial charge in [0.25, 0.3) is 0 Å². The van der Waals surface area contributed by atoms with E-state index in [-0.39, 0.29) is 29.6 Å². The van der Waals surface area contributed by atoms with Gasteiger partial charge in [-0.25, -0.2) is 13.1 Å². The molecule has 25 heavy (non-hydrogen) atoms. The van der Waals surface area contributed by atoms with Gasteiger partial charge >= 0.3 is 0 Å². The van der Waals surface area contributed by atoms with Crippen LogP contribution in [0.3, 0.4) is 0 Å². The molecule has 1 amide bonds. The van der Waals surface area contributed by atoms with Crippen LogP contribution >= 0.6 is 11.3 Å². The summed E-state index contributed by atoms with van der Waals surface area (Å²) in [5.74, 6) is 1.03. The van der Waals surface area contributed by atoms with Crippen molar-refractivity contribution in [3.8, 4) is 11.5 Å². The van der Waals surface area contributed by atoms with Crippen LogP contribution in [0.1, 0.15) is 12.0 Å². The van der Waals surface area contributed by atoms with E-state index in [0.29, 0.717) is 11.5 Å². The van der Waals surface area contributed by atoms with Crippen LogP contribution in [0.25, 0.3) is 0 Å². The number of nitrogens with one attached hydrogen (secondary N) is 2. The van der Waals surface area contributed by atoms with Crippen LogP contribution in [0, 0.1) is 0 Å². The normalized spacial score (nSPS) is 11.1. The average Bonchev–Trinajstić information content (AvgIpc) is 3.15. The Balaban J connectivity index is 1.83. The molecule has 9 heteroatoms. The third-order valence-corrected chi connectivity index (χ3v) is 6.23. The summed E-state index contributed by atoms with van der Waals surface area (Å²) in [5, 5.41) is 4.42. The first-order chi connectivity index (χ1) is 12.0. The average molecular weight is 384 g/mol. The van der Waals surface area contributed by atoms with Gasteiger partial charge in [0.2, 0.25) is 15.9 Å². The van der Waals surface area contributed by atoms with Crippen molar-refractivity contribution in [3.05, 3.63) is 41.3 Å². The molecule has 0 fully saturated rings. The molecule has 0 unspecified atom stereocenters.